The third-order valence-electron chi connectivity index (χ3n) is 3.70. The number of rotatable bonds is 8. The van der Waals surface area contributed by atoms with Crippen LogP contribution in [0.5, 0.6) is 0 Å². The number of amides is 1. The molecule has 0 unspecified atom stereocenters. The zero-order valence-electron chi connectivity index (χ0n) is 14.3. The van der Waals surface area contributed by atoms with E-state index in [9.17, 15) is 4.79 Å². The van der Waals surface area contributed by atoms with E-state index in [-0.39, 0.29) is 11.7 Å². The van der Waals surface area contributed by atoms with Gasteiger partial charge in [-0.1, -0.05) is 66.4 Å². The molecule has 0 aliphatic heterocycles. The topological polar surface area (TPSA) is 59.8 Å². The molecule has 1 aromatic heterocycles. The fourth-order valence-electron chi connectivity index (χ4n) is 2.49. The third-order valence-corrected chi connectivity index (χ3v) is 4.62. The van der Waals surface area contributed by atoms with Crippen molar-refractivity contribution in [2.75, 3.05) is 12.3 Å². The average Bonchev–Trinajstić information content (AvgIpc) is 3.08. The summed E-state index contributed by atoms with van der Waals surface area (Å²) in [6.45, 7) is 4.06. The quantitative estimate of drug-likeness (QED) is 0.492. The summed E-state index contributed by atoms with van der Waals surface area (Å²) in [5.74, 6) is 1.07. The molecule has 0 aliphatic carbocycles. The first kappa shape index (κ1) is 17.9. The lowest BCUT2D eigenvalue weighted by molar-refractivity contribution is -0.118. The van der Waals surface area contributed by atoms with Gasteiger partial charge in [0.05, 0.1) is 5.75 Å². The molecule has 6 heteroatoms. The first-order valence-electron chi connectivity index (χ1n) is 8.32. The molecule has 0 radical (unpaired) electrons. The number of nitrogens with one attached hydrogen (secondary N) is 1. The van der Waals surface area contributed by atoms with Gasteiger partial charge >= 0.3 is 0 Å². The Bertz CT molecular complexity index is 862. The first-order valence-corrected chi connectivity index (χ1v) is 9.30. The molecular formula is C20H20N4OS. The van der Waals surface area contributed by atoms with E-state index >= 15 is 0 Å². The Morgan fingerprint density at radius 2 is 1.77 bits per heavy atom. The van der Waals surface area contributed by atoms with Crippen LogP contribution < -0.4 is 5.32 Å². The monoisotopic (exact) mass is 364 g/mol. The molecule has 0 saturated carbocycles. The summed E-state index contributed by atoms with van der Waals surface area (Å²) in [7, 11) is 0. The van der Waals surface area contributed by atoms with E-state index in [0.717, 1.165) is 17.1 Å². The van der Waals surface area contributed by atoms with Crippen LogP contribution in [0.15, 0.2) is 78.5 Å². The highest BCUT2D eigenvalue weighted by Crippen LogP contribution is 2.23. The van der Waals surface area contributed by atoms with Crippen LogP contribution in [0.25, 0.3) is 5.69 Å². The molecule has 2 aromatic carbocycles. The number of para-hydroxylation sites is 1. The van der Waals surface area contributed by atoms with Crippen molar-refractivity contribution in [1.29, 1.82) is 0 Å². The summed E-state index contributed by atoms with van der Waals surface area (Å²) in [5, 5.41) is 12.2. The SMILES string of the molecule is C=CCNC(=O)CSc1nnc(Cc2ccccc2)n1-c1ccccc1. The predicted molar refractivity (Wildman–Crippen MR) is 105 cm³/mol. The number of thioether (sulfide) groups is 1. The Morgan fingerprint density at radius 1 is 1.08 bits per heavy atom. The Hall–Kier alpha value is -2.86. The molecule has 1 amide bonds. The molecule has 5 nitrogen and oxygen atoms in total. The van der Waals surface area contributed by atoms with Crippen molar-refractivity contribution in [2.45, 2.75) is 11.6 Å². The predicted octanol–water partition coefficient (Wildman–Crippen LogP) is 3.25. The fourth-order valence-corrected chi connectivity index (χ4v) is 3.29. The van der Waals surface area contributed by atoms with Crippen LogP contribution >= 0.6 is 11.8 Å². The van der Waals surface area contributed by atoms with Gasteiger partial charge in [0, 0.05) is 18.7 Å². The summed E-state index contributed by atoms with van der Waals surface area (Å²) >= 11 is 1.37. The molecule has 0 saturated heterocycles. The second-order valence-electron chi connectivity index (χ2n) is 5.61. The number of aromatic nitrogens is 3. The van der Waals surface area contributed by atoms with Crippen molar-refractivity contribution in [1.82, 2.24) is 20.1 Å². The smallest absolute Gasteiger partial charge is 0.230 e. The van der Waals surface area contributed by atoms with E-state index in [1.807, 2.05) is 53.1 Å². The van der Waals surface area contributed by atoms with E-state index in [1.54, 1.807) is 6.08 Å². The minimum atomic E-state index is -0.0536. The second kappa shape index (κ2) is 9.01. The molecule has 132 valence electrons. The van der Waals surface area contributed by atoms with Gasteiger partial charge in [-0.05, 0) is 17.7 Å². The van der Waals surface area contributed by atoms with Gasteiger partial charge in [-0.15, -0.1) is 16.8 Å². The van der Waals surface area contributed by atoms with E-state index in [1.165, 1.54) is 11.8 Å². The largest absolute Gasteiger partial charge is 0.352 e. The van der Waals surface area contributed by atoms with E-state index in [2.05, 4.69) is 34.2 Å². The van der Waals surface area contributed by atoms with Gasteiger partial charge in [-0.2, -0.15) is 0 Å². The van der Waals surface area contributed by atoms with Crippen molar-refractivity contribution in [2.24, 2.45) is 0 Å². The zero-order valence-corrected chi connectivity index (χ0v) is 15.2. The zero-order chi connectivity index (χ0) is 18.2. The fraction of sp³-hybridized carbons (Fsp3) is 0.150. The van der Waals surface area contributed by atoms with Gasteiger partial charge in [0.2, 0.25) is 5.91 Å². The number of carbonyl (C=O) groups excluding carboxylic acids is 1. The van der Waals surface area contributed by atoms with Gasteiger partial charge in [0.1, 0.15) is 5.82 Å². The number of carbonyl (C=O) groups is 1. The summed E-state index contributed by atoms with van der Waals surface area (Å²) < 4.78 is 2.01. The molecule has 3 aromatic rings. The Balaban J connectivity index is 1.85. The van der Waals surface area contributed by atoms with Crippen molar-refractivity contribution in [3.8, 4) is 5.69 Å². The van der Waals surface area contributed by atoms with Gasteiger partial charge in [-0.25, -0.2) is 0 Å². The third kappa shape index (κ3) is 4.61. The molecule has 26 heavy (non-hydrogen) atoms. The lowest BCUT2D eigenvalue weighted by Gasteiger charge is -2.10. The van der Waals surface area contributed by atoms with Crippen LogP contribution in [0.1, 0.15) is 11.4 Å². The summed E-state index contributed by atoms with van der Waals surface area (Å²) in [4.78, 5) is 11.9. The average molecular weight is 364 g/mol. The number of hydrogen-bond donors (Lipinski definition) is 1. The molecule has 1 heterocycles. The lowest BCUT2D eigenvalue weighted by atomic mass is 10.1. The Labute approximate surface area is 157 Å². The van der Waals surface area contributed by atoms with Crippen LogP contribution in [0.4, 0.5) is 0 Å². The first-order chi connectivity index (χ1) is 12.8. The summed E-state index contributed by atoms with van der Waals surface area (Å²) in [6.07, 6.45) is 2.33. The highest BCUT2D eigenvalue weighted by Gasteiger charge is 2.16. The second-order valence-corrected chi connectivity index (χ2v) is 6.56. The maximum Gasteiger partial charge on any atom is 0.230 e. The molecule has 0 aliphatic rings. The maximum atomic E-state index is 11.9. The van der Waals surface area contributed by atoms with Gasteiger partial charge in [0.15, 0.2) is 5.16 Å². The van der Waals surface area contributed by atoms with Crippen molar-refractivity contribution >= 4 is 17.7 Å². The number of nitrogens with zero attached hydrogens (tertiary/aromatic N) is 3. The van der Waals surface area contributed by atoms with Crippen molar-refractivity contribution in [3.63, 3.8) is 0 Å². The van der Waals surface area contributed by atoms with Gasteiger partial charge < -0.3 is 5.32 Å². The van der Waals surface area contributed by atoms with Crippen LogP contribution in [0.3, 0.4) is 0 Å². The lowest BCUT2D eigenvalue weighted by Crippen LogP contribution is -2.25. The molecule has 0 spiro atoms. The van der Waals surface area contributed by atoms with E-state index in [4.69, 9.17) is 0 Å². The Morgan fingerprint density at radius 3 is 2.46 bits per heavy atom. The van der Waals surface area contributed by atoms with Crippen LogP contribution in [-0.2, 0) is 11.2 Å². The standard InChI is InChI=1S/C20H20N4OS/c1-2-13-21-19(25)15-26-20-23-22-18(14-16-9-5-3-6-10-16)24(20)17-11-7-4-8-12-17/h2-12H,1,13-15H2,(H,21,25). The molecule has 1 N–H and O–H groups in total. The molecule has 0 fully saturated rings. The molecule has 0 atom stereocenters. The highest BCUT2D eigenvalue weighted by molar-refractivity contribution is 7.99. The minimum Gasteiger partial charge on any atom is -0.352 e. The molecule has 0 bridgehead atoms. The van der Waals surface area contributed by atoms with Gasteiger partial charge in [-0.3, -0.25) is 9.36 Å². The number of benzene rings is 2. The maximum absolute atomic E-state index is 11.9. The Kier molecular flexibility index (Phi) is 6.22. The molecule has 3 rings (SSSR count). The van der Waals surface area contributed by atoms with E-state index < -0.39 is 0 Å². The van der Waals surface area contributed by atoms with Crippen LogP contribution in [-0.4, -0.2) is 33.0 Å². The summed E-state index contributed by atoms with van der Waals surface area (Å²) in [5.41, 5.74) is 2.15. The van der Waals surface area contributed by atoms with Gasteiger partial charge in [0.25, 0.3) is 0 Å². The van der Waals surface area contributed by atoms with Crippen molar-refractivity contribution in [3.05, 3.63) is 84.7 Å². The van der Waals surface area contributed by atoms with E-state index in [0.29, 0.717) is 18.1 Å². The summed E-state index contributed by atoms with van der Waals surface area (Å²) in [6, 6.07) is 20.1. The molecular weight excluding hydrogens is 344 g/mol. The number of hydrogen-bond acceptors (Lipinski definition) is 4. The van der Waals surface area contributed by atoms with Crippen LogP contribution in [0, 0.1) is 0 Å². The van der Waals surface area contributed by atoms with Crippen molar-refractivity contribution < 1.29 is 4.79 Å². The minimum absolute atomic E-state index is 0.0536. The highest BCUT2D eigenvalue weighted by atomic mass is 32.2. The normalized spacial score (nSPS) is 10.5. The van der Waals surface area contributed by atoms with Crippen LogP contribution in [0.2, 0.25) is 0 Å².